The Morgan fingerprint density at radius 3 is 2.19 bits per heavy atom. The van der Waals surface area contributed by atoms with E-state index < -0.39 is 28.9 Å². The molecular weight excluding hydrogens is 412 g/mol. The summed E-state index contributed by atoms with van der Waals surface area (Å²) in [7, 11) is 1.44. The van der Waals surface area contributed by atoms with Crippen LogP contribution < -0.4 is 10.6 Å². The van der Waals surface area contributed by atoms with Crippen molar-refractivity contribution < 1.29 is 29.3 Å². The number of hydrogen-bond donors (Lipinski definition) is 4. The molecule has 0 spiro atoms. The molecule has 0 bridgehead atoms. The Bertz CT molecular complexity index is 622. The third kappa shape index (κ3) is 8.96. The summed E-state index contributed by atoms with van der Waals surface area (Å²) in [5.41, 5.74) is -1.19. The zero-order chi connectivity index (χ0) is 24.9. The lowest BCUT2D eigenvalue weighted by Crippen LogP contribution is -2.58. The van der Waals surface area contributed by atoms with Crippen LogP contribution in [0.3, 0.4) is 0 Å². The second-order valence-electron chi connectivity index (χ2n) is 10.9. The first-order chi connectivity index (χ1) is 14.5. The molecule has 188 valence electrons. The molecule has 0 saturated carbocycles. The summed E-state index contributed by atoms with van der Waals surface area (Å²) in [5, 5.41) is 26.6. The minimum atomic E-state index is -1.25. The third-order valence-corrected chi connectivity index (χ3v) is 6.31. The molecule has 0 aromatic carbocycles. The third-order valence-electron chi connectivity index (χ3n) is 6.31. The molecule has 5 unspecified atom stereocenters. The van der Waals surface area contributed by atoms with Gasteiger partial charge in [0.1, 0.15) is 0 Å². The zero-order valence-electron chi connectivity index (χ0n) is 21.4. The first-order valence-electron chi connectivity index (χ1n) is 11.8. The number of methoxy groups -OCH3 is 1. The molecule has 2 amide bonds. The van der Waals surface area contributed by atoms with Crippen LogP contribution >= 0.6 is 0 Å². The van der Waals surface area contributed by atoms with Gasteiger partial charge in [0.15, 0.2) is 5.79 Å². The average molecular weight is 459 g/mol. The Morgan fingerprint density at radius 1 is 1.12 bits per heavy atom. The molecule has 1 rings (SSSR count). The van der Waals surface area contributed by atoms with E-state index in [4.69, 9.17) is 9.47 Å². The van der Waals surface area contributed by atoms with E-state index in [-0.39, 0.29) is 29.9 Å². The summed E-state index contributed by atoms with van der Waals surface area (Å²) >= 11 is 0. The number of aliphatic hydroxyl groups is 2. The van der Waals surface area contributed by atoms with Crippen molar-refractivity contribution in [3.63, 3.8) is 0 Å². The van der Waals surface area contributed by atoms with Gasteiger partial charge in [-0.25, -0.2) is 0 Å². The Labute approximate surface area is 193 Å². The standard InChI is InChI=1S/C24H46N2O6/c1-10-17(11-12-24(8,30)31-9)20(28)25-22(4,5)14-23(6,7)26-21(29)19-16(3)32-15(2)13-18(19)27/h15-19,27,30H,10-14H2,1-9H3,(H,25,28)(H,26,29)/t15?,16?,17?,18?,19-,24?/m0/s1. The number of carbonyl (C=O) groups is 2. The smallest absolute Gasteiger partial charge is 0.228 e. The number of amides is 2. The van der Waals surface area contributed by atoms with E-state index in [2.05, 4.69) is 10.6 Å². The number of hydrogen-bond acceptors (Lipinski definition) is 6. The molecule has 0 aliphatic carbocycles. The van der Waals surface area contributed by atoms with Gasteiger partial charge in [0.2, 0.25) is 11.8 Å². The van der Waals surface area contributed by atoms with Crippen molar-refractivity contribution in [1.29, 1.82) is 0 Å². The van der Waals surface area contributed by atoms with Crippen molar-refractivity contribution in [1.82, 2.24) is 10.6 Å². The summed E-state index contributed by atoms with van der Waals surface area (Å²) in [6, 6.07) is 0. The van der Waals surface area contributed by atoms with Crippen molar-refractivity contribution in [2.45, 2.75) is 123 Å². The van der Waals surface area contributed by atoms with Crippen molar-refractivity contribution >= 4 is 11.8 Å². The van der Waals surface area contributed by atoms with Gasteiger partial charge >= 0.3 is 0 Å². The van der Waals surface area contributed by atoms with E-state index in [1.807, 2.05) is 48.5 Å². The number of carbonyl (C=O) groups excluding carboxylic acids is 2. The number of nitrogens with one attached hydrogen (secondary N) is 2. The number of ether oxygens (including phenoxy) is 2. The molecule has 32 heavy (non-hydrogen) atoms. The summed E-state index contributed by atoms with van der Waals surface area (Å²) in [5.74, 6) is -2.44. The average Bonchev–Trinajstić information content (AvgIpc) is 2.59. The van der Waals surface area contributed by atoms with Crippen LogP contribution in [-0.2, 0) is 19.1 Å². The van der Waals surface area contributed by atoms with E-state index in [0.29, 0.717) is 32.1 Å². The number of rotatable bonds is 11. The second-order valence-corrected chi connectivity index (χ2v) is 10.9. The van der Waals surface area contributed by atoms with Gasteiger partial charge in [0, 0.05) is 36.9 Å². The fourth-order valence-electron chi connectivity index (χ4n) is 4.80. The fraction of sp³-hybridized carbons (Fsp3) is 0.917. The lowest BCUT2D eigenvalue weighted by molar-refractivity contribution is -0.177. The van der Waals surface area contributed by atoms with Gasteiger partial charge < -0.3 is 30.3 Å². The summed E-state index contributed by atoms with van der Waals surface area (Å²) in [4.78, 5) is 25.8. The van der Waals surface area contributed by atoms with Crippen molar-refractivity contribution in [2.75, 3.05) is 7.11 Å². The zero-order valence-corrected chi connectivity index (χ0v) is 21.4. The lowest BCUT2D eigenvalue weighted by atomic mass is 9.84. The minimum absolute atomic E-state index is 0.0784. The quantitative estimate of drug-likeness (QED) is 0.354. The molecule has 1 aliphatic heterocycles. The van der Waals surface area contributed by atoms with Crippen LogP contribution in [0.2, 0.25) is 0 Å². The Hall–Kier alpha value is -1.22. The predicted octanol–water partition coefficient (Wildman–Crippen LogP) is 2.50. The highest BCUT2D eigenvalue weighted by molar-refractivity contribution is 5.81. The topological polar surface area (TPSA) is 117 Å². The van der Waals surface area contributed by atoms with Crippen LogP contribution in [0, 0.1) is 11.8 Å². The molecule has 1 aliphatic rings. The van der Waals surface area contributed by atoms with E-state index in [9.17, 15) is 19.8 Å². The summed E-state index contributed by atoms with van der Waals surface area (Å²) in [6.07, 6.45) is 1.26. The van der Waals surface area contributed by atoms with E-state index in [0.717, 1.165) is 0 Å². The van der Waals surface area contributed by atoms with Crippen molar-refractivity contribution in [2.24, 2.45) is 11.8 Å². The van der Waals surface area contributed by atoms with Gasteiger partial charge in [-0.1, -0.05) is 6.92 Å². The highest BCUT2D eigenvalue weighted by atomic mass is 16.6. The molecule has 4 N–H and O–H groups in total. The summed E-state index contributed by atoms with van der Waals surface area (Å²) < 4.78 is 10.8. The first-order valence-corrected chi connectivity index (χ1v) is 11.8. The maximum absolute atomic E-state index is 12.9. The molecule has 8 nitrogen and oxygen atoms in total. The fourth-order valence-corrected chi connectivity index (χ4v) is 4.80. The Kier molecular flexibility index (Phi) is 10.1. The second kappa shape index (κ2) is 11.3. The van der Waals surface area contributed by atoms with Gasteiger partial charge in [-0.2, -0.15) is 0 Å². The van der Waals surface area contributed by atoms with Crippen LogP contribution in [0.4, 0.5) is 0 Å². The van der Waals surface area contributed by atoms with E-state index in [1.165, 1.54) is 7.11 Å². The van der Waals surface area contributed by atoms with Gasteiger partial charge in [-0.15, -0.1) is 0 Å². The molecule has 8 heteroatoms. The van der Waals surface area contributed by atoms with E-state index in [1.54, 1.807) is 6.92 Å². The molecule has 1 fully saturated rings. The van der Waals surface area contributed by atoms with Gasteiger partial charge in [0.05, 0.1) is 24.2 Å². The van der Waals surface area contributed by atoms with Crippen molar-refractivity contribution in [3.8, 4) is 0 Å². The highest BCUT2D eigenvalue weighted by Gasteiger charge is 2.41. The molecule has 0 aromatic rings. The van der Waals surface area contributed by atoms with Gasteiger partial charge in [-0.05, 0) is 67.7 Å². The Balaban J connectivity index is 2.72. The minimum Gasteiger partial charge on any atom is -0.392 e. The molecule has 0 radical (unpaired) electrons. The largest absolute Gasteiger partial charge is 0.392 e. The lowest BCUT2D eigenvalue weighted by Gasteiger charge is -2.40. The van der Waals surface area contributed by atoms with Crippen molar-refractivity contribution in [3.05, 3.63) is 0 Å². The SMILES string of the molecule is CCC(CCC(C)(O)OC)C(=O)NC(C)(C)CC(C)(C)NC(=O)[C@@H]1C(O)CC(C)OC1C. The first kappa shape index (κ1) is 28.8. The van der Waals surface area contributed by atoms with Crippen LogP contribution in [-0.4, -0.2) is 64.3 Å². The Morgan fingerprint density at radius 2 is 1.69 bits per heavy atom. The molecule has 0 aromatic heterocycles. The summed E-state index contributed by atoms with van der Waals surface area (Å²) in [6.45, 7) is 14.9. The maximum atomic E-state index is 12.9. The van der Waals surface area contributed by atoms with Crippen LogP contribution in [0.1, 0.15) is 87.5 Å². The normalized spacial score (nSPS) is 27.3. The molecular formula is C24H46N2O6. The van der Waals surface area contributed by atoms with Gasteiger partial charge in [0.25, 0.3) is 0 Å². The van der Waals surface area contributed by atoms with Crippen LogP contribution in [0.5, 0.6) is 0 Å². The molecule has 1 saturated heterocycles. The molecule has 6 atom stereocenters. The molecule has 1 heterocycles. The van der Waals surface area contributed by atoms with Crippen LogP contribution in [0.15, 0.2) is 0 Å². The van der Waals surface area contributed by atoms with Crippen LogP contribution in [0.25, 0.3) is 0 Å². The highest BCUT2D eigenvalue weighted by Crippen LogP contribution is 2.28. The van der Waals surface area contributed by atoms with Gasteiger partial charge in [-0.3, -0.25) is 9.59 Å². The predicted molar refractivity (Wildman–Crippen MR) is 124 cm³/mol. The number of aliphatic hydroxyl groups excluding tert-OH is 1. The maximum Gasteiger partial charge on any atom is 0.228 e. The monoisotopic (exact) mass is 458 g/mol. The van der Waals surface area contributed by atoms with E-state index >= 15 is 0 Å².